The molecule has 0 saturated carbocycles. The molecule has 0 fully saturated rings. The van der Waals surface area contributed by atoms with E-state index in [-0.39, 0.29) is 36.3 Å². The van der Waals surface area contributed by atoms with Gasteiger partial charge in [0, 0.05) is 36.3 Å². The van der Waals surface area contributed by atoms with Crippen LogP contribution in [0.1, 0.15) is 0 Å². The third-order valence-corrected chi connectivity index (χ3v) is 0. The van der Waals surface area contributed by atoms with Gasteiger partial charge in [-0.15, -0.1) is 0 Å². The number of carboxylic acid groups (broad SMARTS) is 2. The fraction of sp³-hybridized carbons (Fsp3) is 0. The van der Waals surface area contributed by atoms with Gasteiger partial charge in [-0.3, -0.25) is 0 Å². The Morgan fingerprint density at radius 1 is 1.33 bits per heavy atom. The van der Waals surface area contributed by atoms with Gasteiger partial charge < -0.3 is 10.2 Å². The van der Waals surface area contributed by atoms with Gasteiger partial charge in [0.05, 0.1) is 0 Å². The van der Waals surface area contributed by atoms with Crippen LogP contribution in [0.4, 0.5) is 4.79 Å². The van der Waals surface area contributed by atoms with Crippen molar-refractivity contribution in [1.82, 2.24) is 0 Å². The molecule has 0 heterocycles. The predicted octanol–water partition coefficient (Wildman–Crippen LogP) is 0.217. The molecule has 0 saturated heterocycles. The van der Waals surface area contributed by atoms with Crippen molar-refractivity contribution >= 4 is 6.16 Å². The summed E-state index contributed by atoms with van der Waals surface area (Å²) in [5.41, 5.74) is 0. The molecule has 0 spiro atoms. The molecular weight excluding hydrogens is 184 g/mol. The summed E-state index contributed by atoms with van der Waals surface area (Å²) < 4.78 is 0. The Hall–Kier alpha value is 0.400. The van der Waals surface area contributed by atoms with Crippen LogP contribution >= 0.6 is 0 Å². The molecule has 0 aromatic heterocycles. The minimum absolute atomic E-state index is 0. The molecule has 0 aliphatic rings. The molecule has 0 aromatic rings. The van der Waals surface area contributed by atoms with Gasteiger partial charge in [-0.25, -0.2) is 4.79 Å². The van der Waals surface area contributed by atoms with E-state index in [9.17, 15) is 0 Å². The van der Waals surface area contributed by atoms with E-state index in [0.29, 0.717) is 0 Å². The van der Waals surface area contributed by atoms with Gasteiger partial charge in [0.1, 0.15) is 0 Å². The maximum atomic E-state index is 8.56. The van der Waals surface area contributed by atoms with Crippen LogP contribution in [0.25, 0.3) is 0 Å². The van der Waals surface area contributed by atoms with E-state index in [1.165, 1.54) is 0 Å². The maximum absolute atomic E-state index is 8.56. The Bertz CT molecular complexity index is 33.8. The maximum Gasteiger partial charge on any atom is 0.503 e. The molecule has 0 bridgehead atoms. The summed E-state index contributed by atoms with van der Waals surface area (Å²) in [7, 11) is 0. The summed E-state index contributed by atoms with van der Waals surface area (Å²) in [6.07, 6.45) is -1.83. The molecule has 0 unspecified atom stereocenters. The Morgan fingerprint density at radius 3 is 1.33 bits per heavy atom. The normalized spacial score (nSPS) is 4.00. The van der Waals surface area contributed by atoms with Crippen LogP contribution in [-0.2, 0) is 36.3 Å². The molecule has 0 aromatic carbocycles. The summed E-state index contributed by atoms with van der Waals surface area (Å²) in [5, 5.41) is 13.9. The van der Waals surface area contributed by atoms with Crippen molar-refractivity contribution in [2.75, 3.05) is 0 Å². The second-order valence-corrected chi connectivity index (χ2v) is 0.283. The second-order valence-electron chi connectivity index (χ2n) is 0.283. The molecule has 0 amide bonds. The fourth-order valence-corrected chi connectivity index (χ4v) is 0. The van der Waals surface area contributed by atoms with Crippen LogP contribution in [0.15, 0.2) is 0 Å². The first-order valence-electron chi connectivity index (χ1n) is 0.651. The van der Waals surface area contributed by atoms with Crippen LogP contribution in [-0.4, -0.2) is 16.4 Å². The van der Waals surface area contributed by atoms with Crippen molar-refractivity contribution in [2.24, 2.45) is 0 Å². The average Bonchev–Trinajstić information content (AvgIpc) is 0.811. The molecule has 3 nitrogen and oxygen atoms in total. The van der Waals surface area contributed by atoms with E-state index in [0.717, 1.165) is 0 Å². The zero-order valence-electron chi connectivity index (χ0n) is 2.84. The van der Waals surface area contributed by atoms with E-state index < -0.39 is 6.16 Å². The van der Waals surface area contributed by atoms with Crippen LogP contribution in [0, 0.1) is 0 Å². The molecule has 5 heteroatoms. The quantitative estimate of drug-likeness (QED) is 0.532. The molecule has 35 valence electrons. The number of rotatable bonds is 0. The van der Waals surface area contributed by atoms with E-state index in [2.05, 4.69) is 0 Å². The van der Waals surface area contributed by atoms with Crippen LogP contribution in [0.3, 0.4) is 0 Å². The molecule has 0 rings (SSSR count). The van der Waals surface area contributed by atoms with Crippen molar-refractivity contribution in [3.05, 3.63) is 0 Å². The largest absolute Gasteiger partial charge is 0.503 e. The minimum atomic E-state index is -1.83. The third-order valence-electron chi connectivity index (χ3n) is 0. The van der Waals surface area contributed by atoms with Crippen molar-refractivity contribution in [2.45, 2.75) is 0 Å². The van der Waals surface area contributed by atoms with Crippen molar-refractivity contribution < 1.29 is 51.3 Å². The van der Waals surface area contributed by atoms with Gasteiger partial charge in [-0.2, -0.15) is 0 Å². The predicted molar refractivity (Wildman–Crippen MR) is 10.7 cm³/mol. The Balaban J connectivity index is -0.0000000450. The Kier molecular flexibility index (Phi) is 24.3. The molecule has 0 atom stereocenters. The smallest absolute Gasteiger partial charge is 0.450 e. The molecule has 1 radical (unpaired) electrons. The first-order chi connectivity index (χ1) is 1.73. The second kappa shape index (κ2) is 9.04. The zero-order chi connectivity index (χ0) is 3.58. The van der Waals surface area contributed by atoms with Crippen LogP contribution < -0.4 is 0 Å². The third kappa shape index (κ3) is 318. The van der Waals surface area contributed by atoms with E-state index in [1.807, 2.05) is 0 Å². The van der Waals surface area contributed by atoms with Gasteiger partial charge in [0.2, 0.25) is 0 Å². The summed E-state index contributed by atoms with van der Waals surface area (Å²) in [4.78, 5) is 8.56. The van der Waals surface area contributed by atoms with E-state index in [1.54, 1.807) is 0 Å². The summed E-state index contributed by atoms with van der Waals surface area (Å²) in [5.74, 6) is 0. The molecule has 0 aliphatic heterocycles. The van der Waals surface area contributed by atoms with Gasteiger partial charge in [-0.1, -0.05) is 0 Å². The fourth-order valence-electron chi connectivity index (χ4n) is 0. The number of hydrogen-bond acceptors (Lipinski definition) is 1. The van der Waals surface area contributed by atoms with Gasteiger partial charge in [0.15, 0.2) is 0 Å². The standard InChI is InChI=1S/CH2O3.Co.Zn/c2-1(3)4;;/h(H2,2,3,4);;. The first-order valence-corrected chi connectivity index (χ1v) is 0.651. The van der Waals surface area contributed by atoms with E-state index >= 15 is 0 Å². The van der Waals surface area contributed by atoms with E-state index in [4.69, 9.17) is 15.0 Å². The Labute approximate surface area is 57.7 Å². The first kappa shape index (κ1) is 16.1. The number of hydrogen-bond donors (Lipinski definition) is 2. The summed E-state index contributed by atoms with van der Waals surface area (Å²) in [6.45, 7) is 0. The van der Waals surface area contributed by atoms with Crippen LogP contribution in [0.2, 0.25) is 0 Å². The molecule has 0 aliphatic carbocycles. The molecule has 2 N–H and O–H groups in total. The van der Waals surface area contributed by atoms with Gasteiger partial charge in [0.25, 0.3) is 0 Å². The molecule has 6 heavy (non-hydrogen) atoms. The number of carbonyl (C=O) groups is 1. The average molecular weight is 186 g/mol. The Morgan fingerprint density at radius 2 is 1.33 bits per heavy atom. The van der Waals surface area contributed by atoms with Crippen molar-refractivity contribution in [1.29, 1.82) is 0 Å². The minimum Gasteiger partial charge on any atom is -0.450 e. The van der Waals surface area contributed by atoms with Crippen LogP contribution in [0.5, 0.6) is 0 Å². The molecular formula is CH2CoO3Zn. The van der Waals surface area contributed by atoms with Gasteiger partial charge >= 0.3 is 6.16 Å². The SMILES string of the molecule is O=C(O)O.[Co].[Zn]. The zero-order valence-corrected chi connectivity index (χ0v) is 6.85. The van der Waals surface area contributed by atoms with Gasteiger partial charge in [-0.05, 0) is 0 Å². The summed E-state index contributed by atoms with van der Waals surface area (Å²) >= 11 is 0. The van der Waals surface area contributed by atoms with Crippen molar-refractivity contribution in [3.63, 3.8) is 0 Å². The summed E-state index contributed by atoms with van der Waals surface area (Å²) in [6, 6.07) is 0. The topological polar surface area (TPSA) is 57.5 Å². The van der Waals surface area contributed by atoms with Crippen molar-refractivity contribution in [3.8, 4) is 0 Å². The monoisotopic (exact) mass is 185 g/mol.